The number of hydrogen-bond donors (Lipinski definition) is 2. The van der Waals surface area contributed by atoms with E-state index in [2.05, 4.69) is 4.98 Å². The van der Waals surface area contributed by atoms with Crippen LogP contribution in [0.2, 0.25) is 0 Å². The van der Waals surface area contributed by atoms with Crippen LogP contribution < -0.4 is 11.4 Å². The first-order chi connectivity index (χ1) is 10.5. The second-order valence-corrected chi connectivity index (χ2v) is 5.05. The van der Waals surface area contributed by atoms with E-state index < -0.39 is 5.76 Å². The summed E-state index contributed by atoms with van der Waals surface area (Å²) in [7, 11) is 1.60. The van der Waals surface area contributed by atoms with E-state index in [1.807, 2.05) is 0 Å². The lowest BCUT2D eigenvalue weighted by Crippen LogP contribution is -2.14. The Bertz CT molecular complexity index is 1140. The Kier molecular flexibility index (Phi) is 2.35. The van der Waals surface area contributed by atoms with Gasteiger partial charge in [0.1, 0.15) is 5.75 Å². The van der Waals surface area contributed by atoms with Gasteiger partial charge in [0.15, 0.2) is 5.58 Å². The Labute approximate surface area is 122 Å². The number of benzene rings is 2. The highest BCUT2D eigenvalue weighted by Crippen LogP contribution is 2.23. The van der Waals surface area contributed by atoms with Gasteiger partial charge in [0, 0.05) is 19.2 Å². The van der Waals surface area contributed by atoms with Crippen LogP contribution >= 0.6 is 0 Å². The Balaban J connectivity index is 2.14. The minimum absolute atomic E-state index is 0.0653. The zero-order valence-corrected chi connectivity index (χ0v) is 11.5. The fourth-order valence-electron chi connectivity index (χ4n) is 2.62. The molecule has 0 bridgehead atoms. The maximum absolute atomic E-state index is 12.2. The van der Waals surface area contributed by atoms with Crippen molar-refractivity contribution in [1.82, 2.24) is 14.1 Å². The topological polar surface area (TPSA) is 93.2 Å². The molecule has 22 heavy (non-hydrogen) atoms. The molecule has 7 heteroatoms. The Hall–Kier alpha value is -3.22. The van der Waals surface area contributed by atoms with Gasteiger partial charge >= 0.3 is 11.4 Å². The van der Waals surface area contributed by atoms with Crippen LogP contribution in [0.5, 0.6) is 5.75 Å². The minimum Gasteiger partial charge on any atom is -0.508 e. The van der Waals surface area contributed by atoms with E-state index in [1.165, 1.54) is 21.3 Å². The van der Waals surface area contributed by atoms with Gasteiger partial charge in [-0.1, -0.05) is 6.07 Å². The number of phenolic OH excluding ortho intramolecular Hbond substituents is 1. The summed E-state index contributed by atoms with van der Waals surface area (Å²) in [6.07, 6.45) is 0. The first kappa shape index (κ1) is 12.5. The highest BCUT2D eigenvalue weighted by atomic mass is 16.4. The second-order valence-electron chi connectivity index (χ2n) is 5.05. The van der Waals surface area contributed by atoms with Crippen LogP contribution in [-0.4, -0.2) is 19.2 Å². The lowest BCUT2D eigenvalue weighted by atomic mass is 10.2. The van der Waals surface area contributed by atoms with Crippen LogP contribution in [-0.2, 0) is 7.05 Å². The van der Waals surface area contributed by atoms with E-state index in [0.717, 1.165) is 0 Å². The van der Waals surface area contributed by atoms with E-state index in [-0.39, 0.29) is 11.4 Å². The predicted octanol–water partition coefficient (Wildman–Crippen LogP) is 1.47. The molecule has 0 saturated heterocycles. The third kappa shape index (κ3) is 1.62. The third-order valence-corrected chi connectivity index (χ3v) is 3.68. The monoisotopic (exact) mass is 297 g/mol. The number of H-pyrrole nitrogens is 1. The average molecular weight is 297 g/mol. The fourth-order valence-corrected chi connectivity index (χ4v) is 2.62. The number of rotatable bonds is 1. The third-order valence-electron chi connectivity index (χ3n) is 3.68. The molecule has 4 rings (SSSR count). The van der Waals surface area contributed by atoms with Gasteiger partial charge in [-0.25, -0.2) is 9.59 Å². The van der Waals surface area contributed by atoms with E-state index in [9.17, 15) is 14.7 Å². The predicted molar refractivity (Wildman–Crippen MR) is 80.6 cm³/mol. The van der Waals surface area contributed by atoms with Crippen LogP contribution in [0.4, 0.5) is 0 Å². The van der Waals surface area contributed by atoms with E-state index >= 15 is 0 Å². The molecule has 0 unspecified atom stereocenters. The molecule has 0 saturated carbocycles. The first-order valence-electron chi connectivity index (χ1n) is 6.58. The zero-order valence-electron chi connectivity index (χ0n) is 11.5. The average Bonchev–Trinajstić information content (AvgIpc) is 2.93. The van der Waals surface area contributed by atoms with Crippen molar-refractivity contribution < 1.29 is 9.52 Å². The SMILES string of the molecule is Cn1c(=O)oc2cc3[nH]c(=O)n(-c4cccc(O)c4)c3cc21. The molecule has 7 nitrogen and oxygen atoms in total. The van der Waals surface area contributed by atoms with Gasteiger partial charge in [-0.05, 0) is 18.2 Å². The van der Waals surface area contributed by atoms with Crippen molar-refractivity contribution in [2.45, 2.75) is 0 Å². The van der Waals surface area contributed by atoms with Gasteiger partial charge in [0.25, 0.3) is 0 Å². The molecule has 2 heterocycles. The van der Waals surface area contributed by atoms with Crippen molar-refractivity contribution in [3.05, 3.63) is 57.4 Å². The molecule has 0 radical (unpaired) electrons. The molecule has 0 amide bonds. The number of oxazole rings is 1. The molecule has 0 aliphatic rings. The summed E-state index contributed by atoms with van der Waals surface area (Å²) in [6, 6.07) is 9.72. The van der Waals surface area contributed by atoms with Crippen LogP contribution in [0.15, 0.2) is 50.4 Å². The summed E-state index contributed by atoms with van der Waals surface area (Å²) in [4.78, 5) is 26.5. The number of imidazole rings is 1. The summed E-state index contributed by atoms with van der Waals surface area (Å²) in [5.41, 5.74) is 2.34. The fraction of sp³-hybridized carbons (Fsp3) is 0.0667. The summed E-state index contributed by atoms with van der Waals surface area (Å²) in [5, 5.41) is 9.61. The number of hydrogen-bond acceptors (Lipinski definition) is 4. The zero-order chi connectivity index (χ0) is 15.4. The number of phenols is 1. The van der Waals surface area contributed by atoms with Gasteiger partial charge in [0.05, 0.1) is 22.2 Å². The number of aryl methyl sites for hydroxylation is 1. The number of aromatic amines is 1. The molecule has 0 fully saturated rings. The van der Waals surface area contributed by atoms with Crippen molar-refractivity contribution in [3.63, 3.8) is 0 Å². The highest BCUT2D eigenvalue weighted by molar-refractivity contribution is 5.91. The van der Waals surface area contributed by atoms with Crippen LogP contribution in [0.1, 0.15) is 0 Å². The Morgan fingerprint density at radius 1 is 1.14 bits per heavy atom. The lowest BCUT2D eigenvalue weighted by Gasteiger charge is -2.04. The Morgan fingerprint density at radius 3 is 2.73 bits per heavy atom. The normalized spacial score (nSPS) is 11.5. The van der Waals surface area contributed by atoms with E-state index in [1.54, 1.807) is 31.3 Å². The number of fused-ring (bicyclic) bond motifs is 2. The second kappa shape index (κ2) is 4.14. The molecule has 0 aliphatic heterocycles. The quantitative estimate of drug-likeness (QED) is 0.556. The molecule has 110 valence electrons. The Morgan fingerprint density at radius 2 is 1.95 bits per heavy atom. The molecule has 0 aliphatic carbocycles. The van der Waals surface area contributed by atoms with Crippen molar-refractivity contribution in [2.75, 3.05) is 0 Å². The molecular weight excluding hydrogens is 286 g/mol. The largest absolute Gasteiger partial charge is 0.508 e. The lowest BCUT2D eigenvalue weighted by molar-refractivity contribution is 0.475. The van der Waals surface area contributed by atoms with Gasteiger partial charge in [-0.3, -0.25) is 9.13 Å². The minimum atomic E-state index is -0.464. The first-order valence-corrected chi connectivity index (χ1v) is 6.58. The molecule has 4 aromatic rings. The van der Waals surface area contributed by atoms with Crippen LogP contribution in [0, 0.1) is 0 Å². The van der Waals surface area contributed by atoms with Crippen molar-refractivity contribution in [1.29, 1.82) is 0 Å². The maximum Gasteiger partial charge on any atom is 0.419 e. The molecule has 0 spiro atoms. The summed E-state index contributed by atoms with van der Waals surface area (Å²) in [5.74, 6) is -0.399. The van der Waals surface area contributed by atoms with Gasteiger partial charge in [-0.15, -0.1) is 0 Å². The van der Waals surface area contributed by atoms with Crippen LogP contribution in [0.25, 0.3) is 27.8 Å². The van der Waals surface area contributed by atoms with Gasteiger partial charge < -0.3 is 14.5 Å². The van der Waals surface area contributed by atoms with Crippen molar-refractivity contribution >= 4 is 22.1 Å². The highest BCUT2D eigenvalue weighted by Gasteiger charge is 2.14. The number of aromatic hydroxyl groups is 1. The number of nitrogens with zero attached hydrogens (tertiary/aromatic N) is 2. The molecule has 0 atom stereocenters. The summed E-state index contributed by atoms with van der Waals surface area (Å²) < 4.78 is 7.93. The maximum atomic E-state index is 12.2. The van der Waals surface area contributed by atoms with Crippen molar-refractivity contribution in [3.8, 4) is 11.4 Å². The molecular formula is C15H11N3O4. The smallest absolute Gasteiger partial charge is 0.419 e. The van der Waals surface area contributed by atoms with Gasteiger partial charge in [0.2, 0.25) is 0 Å². The number of aromatic nitrogens is 3. The van der Waals surface area contributed by atoms with Crippen LogP contribution in [0.3, 0.4) is 0 Å². The summed E-state index contributed by atoms with van der Waals surface area (Å²) >= 11 is 0. The molecule has 2 aromatic carbocycles. The van der Waals surface area contributed by atoms with Gasteiger partial charge in [-0.2, -0.15) is 0 Å². The van der Waals surface area contributed by atoms with Crippen molar-refractivity contribution in [2.24, 2.45) is 7.05 Å². The van der Waals surface area contributed by atoms with E-state index in [4.69, 9.17) is 4.42 Å². The molecule has 2 N–H and O–H groups in total. The standard InChI is InChI=1S/C15H11N3O4/c1-17-12-7-11-10(6-13(12)22-15(17)21)16-14(20)18(11)8-3-2-4-9(19)5-8/h2-7,19H,1H3,(H,16,20). The summed E-state index contributed by atoms with van der Waals surface area (Å²) in [6.45, 7) is 0. The molecule has 2 aromatic heterocycles. The number of nitrogens with one attached hydrogen (secondary N) is 1. The van der Waals surface area contributed by atoms with E-state index in [0.29, 0.717) is 27.8 Å².